The van der Waals surface area contributed by atoms with Crippen LogP contribution in [0.3, 0.4) is 0 Å². The van der Waals surface area contributed by atoms with Crippen LogP contribution in [0.5, 0.6) is 0 Å². The van der Waals surface area contributed by atoms with Gasteiger partial charge < -0.3 is 0 Å². The molecule has 0 spiro atoms. The first-order valence-electron chi connectivity index (χ1n) is 8.79. The van der Waals surface area contributed by atoms with Gasteiger partial charge >= 0.3 is 0 Å². The average Bonchev–Trinajstić information content (AvgIpc) is 2.63. The predicted octanol–water partition coefficient (Wildman–Crippen LogP) is 6.61. The van der Waals surface area contributed by atoms with Gasteiger partial charge in [-0.2, -0.15) is 0 Å². The minimum absolute atomic E-state index is 0.396. The summed E-state index contributed by atoms with van der Waals surface area (Å²) in [7, 11) is 0. The average molecular weight is 314 g/mol. The van der Waals surface area contributed by atoms with Gasteiger partial charge in [0, 0.05) is 11.8 Å². The predicted molar refractivity (Wildman–Crippen MR) is 104 cm³/mol. The van der Waals surface area contributed by atoms with Crippen LogP contribution in [0.1, 0.15) is 59.1 Å². The van der Waals surface area contributed by atoms with Gasteiger partial charge in [0.05, 0.1) is 0 Å². The highest BCUT2D eigenvalue weighted by molar-refractivity contribution is 5.50. The van der Waals surface area contributed by atoms with Gasteiger partial charge in [0.1, 0.15) is 0 Å². The lowest BCUT2D eigenvalue weighted by Crippen LogP contribution is -2.09. The van der Waals surface area contributed by atoms with Crippen molar-refractivity contribution >= 4 is 0 Å². The molecule has 0 nitrogen and oxygen atoms in total. The molecule has 122 valence electrons. The molecule has 0 heteroatoms. The van der Waals surface area contributed by atoms with Crippen molar-refractivity contribution in [1.29, 1.82) is 0 Å². The van der Waals surface area contributed by atoms with Crippen LogP contribution in [0.15, 0.2) is 72.8 Å². The summed E-state index contributed by atoms with van der Waals surface area (Å²) < 4.78 is 0. The molecule has 0 N–H and O–H groups in total. The highest BCUT2D eigenvalue weighted by Gasteiger charge is 2.21. The Hall–Kier alpha value is -2.34. The van der Waals surface area contributed by atoms with Crippen molar-refractivity contribution in [3.63, 3.8) is 0 Å². The molecule has 3 rings (SSSR count). The van der Waals surface area contributed by atoms with E-state index in [4.69, 9.17) is 0 Å². The topological polar surface area (TPSA) is 0 Å². The van der Waals surface area contributed by atoms with Gasteiger partial charge in [-0.3, -0.25) is 0 Å². The van der Waals surface area contributed by atoms with E-state index in [-0.39, 0.29) is 0 Å². The molecule has 0 saturated carbocycles. The van der Waals surface area contributed by atoms with Gasteiger partial charge in [-0.1, -0.05) is 86.6 Å². The Morgan fingerprint density at radius 1 is 0.500 bits per heavy atom. The van der Waals surface area contributed by atoms with Crippen LogP contribution in [0.25, 0.3) is 0 Å². The fourth-order valence-corrected chi connectivity index (χ4v) is 3.82. The van der Waals surface area contributed by atoms with Crippen LogP contribution < -0.4 is 0 Å². The summed E-state index contributed by atoms with van der Waals surface area (Å²) in [5.74, 6) is 0.791. The van der Waals surface area contributed by atoms with E-state index in [0.29, 0.717) is 11.8 Å². The Balaban J connectivity index is 2.14. The Kier molecular flexibility index (Phi) is 4.85. The molecule has 0 amide bonds. The smallest absolute Gasteiger partial charge is 0.00666 e. The second-order valence-electron chi connectivity index (χ2n) is 6.79. The molecule has 24 heavy (non-hydrogen) atoms. The molecule has 0 radical (unpaired) electrons. The quantitative estimate of drug-likeness (QED) is 0.508. The maximum atomic E-state index is 2.33. The summed E-state index contributed by atoms with van der Waals surface area (Å²) in [5, 5.41) is 0. The molecular weight excluding hydrogens is 288 g/mol. The first-order chi connectivity index (χ1) is 11.6. The van der Waals surface area contributed by atoms with E-state index < -0.39 is 0 Å². The van der Waals surface area contributed by atoms with Gasteiger partial charge in [0.25, 0.3) is 0 Å². The molecule has 0 aliphatic heterocycles. The second kappa shape index (κ2) is 7.05. The van der Waals surface area contributed by atoms with Crippen LogP contribution in [0.4, 0.5) is 0 Å². The summed E-state index contributed by atoms with van der Waals surface area (Å²) in [6.45, 7) is 9.15. The van der Waals surface area contributed by atoms with Crippen LogP contribution in [0.2, 0.25) is 0 Å². The van der Waals surface area contributed by atoms with Gasteiger partial charge in [-0.25, -0.2) is 0 Å². The standard InChI is InChI=1S/C24H26/c1-17-15-16-18(2)24(20(4)22-13-9-6-10-14-22)23(17)19(3)21-11-7-5-8-12-21/h5-16,19-20H,1-4H3. The molecule has 2 atom stereocenters. The fourth-order valence-electron chi connectivity index (χ4n) is 3.82. The zero-order chi connectivity index (χ0) is 17.1. The number of benzene rings is 3. The molecular formula is C24H26. The third-order valence-corrected chi connectivity index (χ3v) is 5.19. The summed E-state index contributed by atoms with van der Waals surface area (Å²) in [6, 6.07) is 26.2. The number of hydrogen-bond acceptors (Lipinski definition) is 0. The molecule has 0 heterocycles. The maximum absolute atomic E-state index is 2.33. The molecule has 0 aliphatic carbocycles. The van der Waals surface area contributed by atoms with Gasteiger partial charge in [-0.15, -0.1) is 0 Å². The van der Waals surface area contributed by atoms with E-state index >= 15 is 0 Å². The maximum Gasteiger partial charge on any atom is 0.00666 e. The van der Waals surface area contributed by atoms with Gasteiger partial charge in [0.15, 0.2) is 0 Å². The molecule has 0 aliphatic rings. The zero-order valence-electron chi connectivity index (χ0n) is 15.1. The SMILES string of the molecule is Cc1ccc(C)c(C(C)c2ccccc2)c1C(C)c1ccccc1. The van der Waals surface area contributed by atoms with E-state index in [2.05, 4.69) is 100 Å². The van der Waals surface area contributed by atoms with E-state index in [1.165, 1.54) is 33.4 Å². The molecule has 0 aromatic heterocycles. The van der Waals surface area contributed by atoms with Crippen molar-refractivity contribution in [3.8, 4) is 0 Å². The number of aryl methyl sites for hydroxylation is 2. The lowest BCUT2D eigenvalue weighted by Gasteiger charge is -2.26. The highest BCUT2D eigenvalue weighted by atomic mass is 14.3. The summed E-state index contributed by atoms with van der Waals surface area (Å²) >= 11 is 0. The van der Waals surface area contributed by atoms with Crippen molar-refractivity contribution in [3.05, 3.63) is 106 Å². The first-order valence-corrected chi connectivity index (χ1v) is 8.79. The van der Waals surface area contributed by atoms with Crippen LogP contribution in [-0.4, -0.2) is 0 Å². The Morgan fingerprint density at radius 3 is 1.17 bits per heavy atom. The lowest BCUT2D eigenvalue weighted by atomic mass is 9.78. The van der Waals surface area contributed by atoms with E-state index in [1.54, 1.807) is 0 Å². The normalized spacial score (nSPS) is 13.5. The van der Waals surface area contributed by atoms with Crippen molar-refractivity contribution in [1.82, 2.24) is 0 Å². The third kappa shape index (κ3) is 3.14. The lowest BCUT2D eigenvalue weighted by molar-refractivity contribution is 0.826. The van der Waals surface area contributed by atoms with E-state index in [0.717, 1.165) is 0 Å². The van der Waals surface area contributed by atoms with Crippen molar-refractivity contribution in [2.24, 2.45) is 0 Å². The minimum atomic E-state index is 0.396. The third-order valence-electron chi connectivity index (χ3n) is 5.19. The highest BCUT2D eigenvalue weighted by Crippen LogP contribution is 2.37. The zero-order valence-corrected chi connectivity index (χ0v) is 15.1. The van der Waals surface area contributed by atoms with Crippen molar-refractivity contribution in [2.45, 2.75) is 39.5 Å². The van der Waals surface area contributed by atoms with Crippen LogP contribution >= 0.6 is 0 Å². The second-order valence-corrected chi connectivity index (χ2v) is 6.79. The largest absolute Gasteiger partial charge is 0.0622 e. The van der Waals surface area contributed by atoms with E-state index in [9.17, 15) is 0 Å². The summed E-state index contributed by atoms with van der Waals surface area (Å²) in [6.07, 6.45) is 0. The Bertz CT molecular complexity index is 730. The Morgan fingerprint density at radius 2 is 0.833 bits per heavy atom. The van der Waals surface area contributed by atoms with Crippen molar-refractivity contribution < 1.29 is 0 Å². The number of hydrogen-bond donors (Lipinski definition) is 0. The van der Waals surface area contributed by atoms with Crippen LogP contribution in [0, 0.1) is 13.8 Å². The molecule has 3 aromatic rings. The first kappa shape index (κ1) is 16.5. The fraction of sp³-hybridized carbons (Fsp3) is 0.250. The summed E-state index contributed by atoms with van der Waals surface area (Å²) in [5.41, 5.74) is 8.50. The Labute approximate surface area is 146 Å². The van der Waals surface area contributed by atoms with E-state index in [1.807, 2.05) is 0 Å². The summed E-state index contributed by atoms with van der Waals surface area (Å²) in [4.78, 5) is 0. The van der Waals surface area contributed by atoms with Gasteiger partial charge in [-0.05, 0) is 47.2 Å². The molecule has 3 aromatic carbocycles. The van der Waals surface area contributed by atoms with Crippen LogP contribution in [-0.2, 0) is 0 Å². The van der Waals surface area contributed by atoms with Gasteiger partial charge in [0.2, 0.25) is 0 Å². The molecule has 2 unspecified atom stereocenters. The minimum Gasteiger partial charge on any atom is -0.0622 e. The molecule has 0 bridgehead atoms. The monoisotopic (exact) mass is 314 g/mol. The molecule has 0 fully saturated rings. The number of rotatable bonds is 4. The molecule has 0 saturated heterocycles. The van der Waals surface area contributed by atoms with Crippen molar-refractivity contribution in [2.75, 3.05) is 0 Å².